The Hall–Kier alpha value is -2.17. The van der Waals surface area contributed by atoms with Crippen LogP contribution in [0.5, 0.6) is 17.2 Å². The summed E-state index contributed by atoms with van der Waals surface area (Å²) in [7, 11) is 0. The second kappa shape index (κ2) is 8.62. The summed E-state index contributed by atoms with van der Waals surface area (Å²) in [4.78, 5) is 12.8. The van der Waals surface area contributed by atoms with Gasteiger partial charge in [0.2, 0.25) is 5.75 Å². The standard InChI is InChI=1S/C19H27NO4/c1-3-5-7-8-11-20-16-13-14(21)9-10-15(16)17(22)18(19(20)23)24-12-6-4-2/h9-10,13,21-22H,3-8,11-12H2,1-2H3. The lowest BCUT2D eigenvalue weighted by molar-refractivity contribution is 0.287. The van der Waals surface area contributed by atoms with Crippen molar-refractivity contribution < 1.29 is 14.9 Å². The SMILES string of the molecule is CCCCCCn1c(=O)c(OCCCC)c(O)c2ccc(O)cc21. The summed E-state index contributed by atoms with van der Waals surface area (Å²) in [6.07, 6.45) is 5.93. The maximum atomic E-state index is 12.8. The third-order valence-corrected chi connectivity index (χ3v) is 4.16. The predicted molar refractivity (Wildman–Crippen MR) is 96.1 cm³/mol. The molecule has 2 N–H and O–H groups in total. The number of benzene rings is 1. The fourth-order valence-corrected chi connectivity index (χ4v) is 2.77. The monoisotopic (exact) mass is 333 g/mol. The van der Waals surface area contributed by atoms with E-state index in [1.54, 1.807) is 10.6 Å². The van der Waals surface area contributed by atoms with Crippen molar-refractivity contribution in [2.45, 2.75) is 58.9 Å². The Bertz CT molecular complexity index is 736. The molecule has 0 aliphatic rings. The predicted octanol–water partition coefficient (Wildman–Crippen LogP) is 4.17. The average molecular weight is 333 g/mol. The summed E-state index contributed by atoms with van der Waals surface area (Å²) in [6.45, 7) is 5.13. The van der Waals surface area contributed by atoms with E-state index in [9.17, 15) is 15.0 Å². The summed E-state index contributed by atoms with van der Waals surface area (Å²) in [6, 6.07) is 4.64. The zero-order valence-corrected chi connectivity index (χ0v) is 14.5. The van der Waals surface area contributed by atoms with Crippen molar-refractivity contribution in [3.05, 3.63) is 28.6 Å². The smallest absolute Gasteiger partial charge is 0.297 e. The molecule has 24 heavy (non-hydrogen) atoms. The topological polar surface area (TPSA) is 71.7 Å². The second-order valence-corrected chi connectivity index (χ2v) is 6.10. The Kier molecular flexibility index (Phi) is 6.53. The highest BCUT2D eigenvalue weighted by molar-refractivity contribution is 5.88. The molecule has 0 bridgehead atoms. The highest BCUT2D eigenvalue weighted by Gasteiger charge is 2.18. The van der Waals surface area contributed by atoms with Crippen molar-refractivity contribution in [1.29, 1.82) is 0 Å². The lowest BCUT2D eigenvalue weighted by Crippen LogP contribution is -2.23. The Labute approximate surface area is 142 Å². The van der Waals surface area contributed by atoms with E-state index < -0.39 is 0 Å². The molecule has 0 atom stereocenters. The van der Waals surface area contributed by atoms with Crippen LogP contribution in [0.3, 0.4) is 0 Å². The number of aromatic hydroxyl groups is 2. The summed E-state index contributed by atoms with van der Waals surface area (Å²) >= 11 is 0. The van der Waals surface area contributed by atoms with Gasteiger partial charge in [-0.25, -0.2) is 0 Å². The molecular formula is C19H27NO4. The summed E-state index contributed by atoms with van der Waals surface area (Å²) in [5, 5.41) is 20.7. The van der Waals surface area contributed by atoms with Gasteiger partial charge in [-0.3, -0.25) is 4.79 Å². The van der Waals surface area contributed by atoms with Crippen molar-refractivity contribution in [1.82, 2.24) is 4.57 Å². The Morgan fingerprint density at radius 3 is 2.50 bits per heavy atom. The van der Waals surface area contributed by atoms with E-state index in [1.807, 2.05) is 6.92 Å². The highest BCUT2D eigenvalue weighted by atomic mass is 16.5. The van der Waals surface area contributed by atoms with Gasteiger partial charge in [-0.05, 0) is 25.0 Å². The van der Waals surface area contributed by atoms with Crippen molar-refractivity contribution in [2.75, 3.05) is 6.61 Å². The van der Waals surface area contributed by atoms with Crippen LogP contribution in [0, 0.1) is 0 Å². The van der Waals surface area contributed by atoms with Gasteiger partial charge in [-0.15, -0.1) is 0 Å². The van der Waals surface area contributed by atoms with Gasteiger partial charge in [0.05, 0.1) is 12.1 Å². The first-order chi connectivity index (χ1) is 11.6. The van der Waals surface area contributed by atoms with Crippen LogP contribution in [0.1, 0.15) is 52.4 Å². The highest BCUT2D eigenvalue weighted by Crippen LogP contribution is 2.33. The molecule has 0 aliphatic heterocycles. The van der Waals surface area contributed by atoms with Crippen molar-refractivity contribution in [2.24, 2.45) is 0 Å². The van der Waals surface area contributed by atoms with Crippen LogP contribution >= 0.6 is 0 Å². The first-order valence-corrected chi connectivity index (χ1v) is 8.81. The molecule has 132 valence electrons. The minimum Gasteiger partial charge on any atom is -0.508 e. The van der Waals surface area contributed by atoms with Gasteiger partial charge in [-0.2, -0.15) is 0 Å². The van der Waals surface area contributed by atoms with Gasteiger partial charge in [-0.1, -0.05) is 39.5 Å². The number of hydrogen-bond donors (Lipinski definition) is 2. The maximum absolute atomic E-state index is 12.8. The lowest BCUT2D eigenvalue weighted by Gasteiger charge is -2.15. The van der Waals surface area contributed by atoms with Crippen LogP contribution in [0.4, 0.5) is 0 Å². The number of nitrogens with zero attached hydrogens (tertiary/aromatic N) is 1. The van der Waals surface area contributed by atoms with E-state index >= 15 is 0 Å². The van der Waals surface area contributed by atoms with Crippen molar-refractivity contribution >= 4 is 10.9 Å². The number of rotatable bonds is 9. The average Bonchev–Trinajstić information content (AvgIpc) is 2.57. The molecule has 0 spiro atoms. The Morgan fingerprint density at radius 2 is 1.79 bits per heavy atom. The largest absolute Gasteiger partial charge is 0.508 e. The van der Waals surface area contributed by atoms with E-state index in [1.165, 1.54) is 12.1 Å². The molecule has 0 unspecified atom stereocenters. The van der Waals surface area contributed by atoms with Gasteiger partial charge in [0.25, 0.3) is 5.56 Å². The molecule has 5 nitrogen and oxygen atoms in total. The molecular weight excluding hydrogens is 306 g/mol. The molecule has 5 heteroatoms. The summed E-state index contributed by atoms with van der Waals surface area (Å²) < 4.78 is 7.17. The van der Waals surface area contributed by atoms with E-state index in [-0.39, 0.29) is 22.8 Å². The van der Waals surface area contributed by atoms with Gasteiger partial charge < -0.3 is 19.5 Å². The maximum Gasteiger partial charge on any atom is 0.297 e. The number of pyridine rings is 1. The summed E-state index contributed by atoms with van der Waals surface area (Å²) in [5.41, 5.74) is 0.204. The first-order valence-electron chi connectivity index (χ1n) is 8.81. The molecule has 0 amide bonds. The van der Waals surface area contributed by atoms with E-state index in [0.29, 0.717) is 24.1 Å². The van der Waals surface area contributed by atoms with Crippen LogP contribution in [0.2, 0.25) is 0 Å². The number of aryl methyl sites for hydroxylation is 1. The van der Waals surface area contributed by atoms with Crippen LogP contribution in [-0.4, -0.2) is 21.4 Å². The molecule has 1 aromatic heterocycles. The quantitative estimate of drug-likeness (QED) is 0.676. The van der Waals surface area contributed by atoms with Crippen LogP contribution in [0.25, 0.3) is 10.9 Å². The number of phenols is 1. The molecule has 0 aliphatic carbocycles. The second-order valence-electron chi connectivity index (χ2n) is 6.10. The first kappa shape index (κ1) is 18.2. The third-order valence-electron chi connectivity index (χ3n) is 4.16. The minimum absolute atomic E-state index is 0.0112. The minimum atomic E-state index is -0.335. The fourth-order valence-electron chi connectivity index (χ4n) is 2.77. The Morgan fingerprint density at radius 1 is 1.04 bits per heavy atom. The van der Waals surface area contributed by atoms with Gasteiger partial charge in [0, 0.05) is 18.0 Å². The number of fused-ring (bicyclic) bond motifs is 1. The van der Waals surface area contributed by atoms with Gasteiger partial charge in [0.1, 0.15) is 5.75 Å². The molecule has 0 saturated carbocycles. The normalized spacial score (nSPS) is 11.1. The third kappa shape index (κ3) is 4.02. The van der Waals surface area contributed by atoms with Gasteiger partial charge in [0.15, 0.2) is 5.75 Å². The number of aromatic nitrogens is 1. The number of unbranched alkanes of at least 4 members (excludes halogenated alkanes) is 4. The van der Waals surface area contributed by atoms with Crippen LogP contribution < -0.4 is 10.3 Å². The molecule has 0 fully saturated rings. The summed E-state index contributed by atoms with van der Waals surface area (Å²) in [5.74, 6) is -0.0590. The lowest BCUT2D eigenvalue weighted by atomic mass is 10.1. The molecule has 0 saturated heterocycles. The number of ether oxygens (including phenoxy) is 1. The molecule has 2 rings (SSSR count). The van der Waals surface area contributed by atoms with E-state index in [4.69, 9.17) is 4.74 Å². The Balaban J connectivity index is 2.46. The van der Waals surface area contributed by atoms with E-state index in [0.717, 1.165) is 38.5 Å². The van der Waals surface area contributed by atoms with Crippen LogP contribution in [-0.2, 0) is 6.54 Å². The fraction of sp³-hybridized carbons (Fsp3) is 0.526. The number of phenolic OH excluding ortho intramolecular Hbond substituents is 1. The van der Waals surface area contributed by atoms with E-state index in [2.05, 4.69) is 6.92 Å². The molecule has 1 aromatic carbocycles. The number of hydrogen-bond acceptors (Lipinski definition) is 4. The molecule has 0 radical (unpaired) electrons. The van der Waals surface area contributed by atoms with Crippen LogP contribution in [0.15, 0.2) is 23.0 Å². The molecule has 1 heterocycles. The zero-order chi connectivity index (χ0) is 17.5. The van der Waals surface area contributed by atoms with Crippen molar-refractivity contribution in [3.63, 3.8) is 0 Å². The zero-order valence-electron chi connectivity index (χ0n) is 14.5. The van der Waals surface area contributed by atoms with Gasteiger partial charge >= 0.3 is 0 Å². The molecule has 2 aromatic rings. The van der Waals surface area contributed by atoms with Crippen molar-refractivity contribution in [3.8, 4) is 17.2 Å².